The van der Waals surface area contributed by atoms with E-state index in [4.69, 9.17) is 11.6 Å². The van der Waals surface area contributed by atoms with Crippen molar-refractivity contribution < 1.29 is 0 Å². The number of nitrogens with one attached hydrogen (secondary N) is 1. The van der Waals surface area contributed by atoms with E-state index in [0.29, 0.717) is 6.04 Å². The molecule has 2 atom stereocenters. The Balaban J connectivity index is 1.94. The van der Waals surface area contributed by atoms with Gasteiger partial charge in [-0.1, -0.05) is 25.4 Å². The van der Waals surface area contributed by atoms with Crippen LogP contribution in [0.1, 0.15) is 38.5 Å². The first-order valence-corrected chi connectivity index (χ1v) is 8.49. The molecule has 0 spiro atoms. The van der Waals surface area contributed by atoms with Crippen LogP contribution in [0.25, 0.3) is 0 Å². The highest BCUT2D eigenvalue weighted by Crippen LogP contribution is 2.24. The SMILES string of the molecule is CCC1CNC(C)(CC)CN1CCc1ccc(Cl)s1. The number of hydrogen-bond acceptors (Lipinski definition) is 3. The highest BCUT2D eigenvalue weighted by atomic mass is 35.5. The summed E-state index contributed by atoms with van der Waals surface area (Å²) < 4.78 is 0.903. The zero-order valence-corrected chi connectivity index (χ0v) is 13.8. The van der Waals surface area contributed by atoms with Crippen LogP contribution >= 0.6 is 22.9 Å². The minimum Gasteiger partial charge on any atom is -0.309 e. The van der Waals surface area contributed by atoms with Gasteiger partial charge in [-0.15, -0.1) is 11.3 Å². The zero-order chi connectivity index (χ0) is 13.9. The Morgan fingerprint density at radius 2 is 2.26 bits per heavy atom. The van der Waals surface area contributed by atoms with Crippen molar-refractivity contribution in [1.82, 2.24) is 10.2 Å². The molecule has 1 aliphatic heterocycles. The summed E-state index contributed by atoms with van der Waals surface area (Å²) in [5.41, 5.74) is 0.277. The van der Waals surface area contributed by atoms with Gasteiger partial charge >= 0.3 is 0 Å². The summed E-state index contributed by atoms with van der Waals surface area (Å²) in [6.45, 7) is 10.3. The molecule has 1 saturated heterocycles. The summed E-state index contributed by atoms with van der Waals surface area (Å²) in [5.74, 6) is 0. The second kappa shape index (κ2) is 6.57. The van der Waals surface area contributed by atoms with Crippen LogP contribution in [0.2, 0.25) is 4.34 Å². The van der Waals surface area contributed by atoms with Gasteiger partial charge in [0, 0.05) is 36.1 Å². The lowest BCUT2D eigenvalue weighted by molar-refractivity contribution is 0.0834. The molecule has 2 nitrogen and oxygen atoms in total. The van der Waals surface area contributed by atoms with Gasteiger partial charge in [-0.3, -0.25) is 4.90 Å². The highest BCUT2D eigenvalue weighted by molar-refractivity contribution is 7.16. The number of halogens is 1. The van der Waals surface area contributed by atoms with E-state index in [-0.39, 0.29) is 5.54 Å². The van der Waals surface area contributed by atoms with E-state index < -0.39 is 0 Å². The first kappa shape index (κ1) is 15.3. The van der Waals surface area contributed by atoms with E-state index in [1.807, 2.05) is 6.07 Å². The maximum atomic E-state index is 6.00. The van der Waals surface area contributed by atoms with Crippen LogP contribution in [0.3, 0.4) is 0 Å². The van der Waals surface area contributed by atoms with Gasteiger partial charge < -0.3 is 5.32 Å². The van der Waals surface area contributed by atoms with Crippen LogP contribution in [-0.2, 0) is 6.42 Å². The van der Waals surface area contributed by atoms with Crippen molar-refractivity contribution in [2.45, 2.75) is 51.6 Å². The van der Waals surface area contributed by atoms with Crippen LogP contribution in [0, 0.1) is 0 Å². The number of hydrogen-bond donors (Lipinski definition) is 1. The van der Waals surface area contributed by atoms with Crippen molar-refractivity contribution in [2.75, 3.05) is 19.6 Å². The van der Waals surface area contributed by atoms with E-state index in [2.05, 4.69) is 37.1 Å². The van der Waals surface area contributed by atoms with E-state index in [9.17, 15) is 0 Å². The molecule has 0 aliphatic carbocycles. The average molecular weight is 301 g/mol. The molecule has 0 amide bonds. The maximum absolute atomic E-state index is 6.00. The van der Waals surface area contributed by atoms with Crippen molar-refractivity contribution in [2.24, 2.45) is 0 Å². The highest BCUT2D eigenvalue weighted by Gasteiger charge is 2.33. The Kier molecular flexibility index (Phi) is 5.29. The number of nitrogens with zero attached hydrogens (tertiary/aromatic N) is 1. The number of thiophene rings is 1. The molecule has 1 aliphatic rings. The topological polar surface area (TPSA) is 15.3 Å². The van der Waals surface area contributed by atoms with Crippen molar-refractivity contribution in [1.29, 1.82) is 0 Å². The standard InChI is InChI=1S/C15H25ClN2S/c1-4-12-10-17-15(3,5-2)11-18(12)9-8-13-6-7-14(16)19-13/h6-7,12,17H,4-5,8-11H2,1-3H3. The molecule has 0 aromatic carbocycles. The summed E-state index contributed by atoms with van der Waals surface area (Å²) >= 11 is 7.71. The molecule has 0 bridgehead atoms. The fourth-order valence-electron chi connectivity index (χ4n) is 2.77. The van der Waals surface area contributed by atoms with Gasteiger partial charge in [0.25, 0.3) is 0 Å². The molecule has 108 valence electrons. The van der Waals surface area contributed by atoms with Gasteiger partial charge in [0.05, 0.1) is 4.34 Å². The van der Waals surface area contributed by atoms with Gasteiger partial charge in [-0.2, -0.15) is 0 Å². The smallest absolute Gasteiger partial charge is 0.0931 e. The van der Waals surface area contributed by atoms with E-state index >= 15 is 0 Å². The molecule has 0 saturated carbocycles. The summed E-state index contributed by atoms with van der Waals surface area (Å²) in [5, 5.41) is 3.72. The molecule has 1 N–H and O–H groups in total. The van der Waals surface area contributed by atoms with Gasteiger partial charge in [0.15, 0.2) is 0 Å². The monoisotopic (exact) mass is 300 g/mol. The molecule has 2 unspecified atom stereocenters. The summed E-state index contributed by atoms with van der Waals surface area (Å²) in [7, 11) is 0. The largest absolute Gasteiger partial charge is 0.309 e. The van der Waals surface area contributed by atoms with Crippen LogP contribution in [0.4, 0.5) is 0 Å². The molecule has 1 fully saturated rings. The molecule has 19 heavy (non-hydrogen) atoms. The minimum atomic E-state index is 0.277. The maximum Gasteiger partial charge on any atom is 0.0931 e. The Morgan fingerprint density at radius 3 is 2.84 bits per heavy atom. The molecule has 1 aromatic rings. The normalized spacial score (nSPS) is 28.7. The third-order valence-corrected chi connectivity index (χ3v) is 5.65. The third-order valence-electron chi connectivity index (χ3n) is 4.36. The molecular formula is C15H25ClN2S. The Hall–Kier alpha value is -0.0900. The van der Waals surface area contributed by atoms with Gasteiger partial charge in [-0.05, 0) is 38.3 Å². The second-order valence-corrected chi connectivity index (χ2v) is 7.58. The van der Waals surface area contributed by atoms with Crippen LogP contribution in [0.15, 0.2) is 12.1 Å². The molecular weight excluding hydrogens is 276 g/mol. The van der Waals surface area contributed by atoms with Crippen molar-refractivity contribution >= 4 is 22.9 Å². The zero-order valence-electron chi connectivity index (χ0n) is 12.2. The van der Waals surface area contributed by atoms with Crippen molar-refractivity contribution in [3.63, 3.8) is 0 Å². The lowest BCUT2D eigenvalue weighted by atomic mass is 9.92. The Morgan fingerprint density at radius 1 is 1.47 bits per heavy atom. The van der Waals surface area contributed by atoms with Gasteiger partial charge in [0.1, 0.15) is 0 Å². The molecule has 4 heteroatoms. The first-order chi connectivity index (χ1) is 9.06. The fraction of sp³-hybridized carbons (Fsp3) is 0.733. The molecule has 2 heterocycles. The average Bonchev–Trinajstić information content (AvgIpc) is 2.82. The quantitative estimate of drug-likeness (QED) is 0.890. The lowest BCUT2D eigenvalue weighted by Gasteiger charge is -2.46. The predicted octanol–water partition coefficient (Wildman–Crippen LogP) is 3.80. The minimum absolute atomic E-state index is 0.277. The van der Waals surface area contributed by atoms with Gasteiger partial charge in [0.2, 0.25) is 0 Å². The second-order valence-electron chi connectivity index (χ2n) is 5.78. The van der Waals surface area contributed by atoms with Crippen molar-refractivity contribution in [3.05, 3.63) is 21.3 Å². The molecule has 0 radical (unpaired) electrons. The summed E-state index contributed by atoms with van der Waals surface area (Å²) in [6.07, 6.45) is 3.52. The summed E-state index contributed by atoms with van der Waals surface area (Å²) in [6, 6.07) is 4.84. The van der Waals surface area contributed by atoms with Crippen molar-refractivity contribution in [3.8, 4) is 0 Å². The number of piperazine rings is 1. The Bertz CT molecular complexity index is 407. The van der Waals surface area contributed by atoms with Gasteiger partial charge in [-0.25, -0.2) is 0 Å². The van der Waals surface area contributed by atoms with Crippen LogP contribution in [0.5, 0.6) is 0 Å². The fourth-order valence-corrected chi connectivity index (χ4v) is 3.84. The van der Waals surface area contributed by atoms with E-state index in [1.165, 1.54) is 17.7 Å². The third kappa shape index (κ3) is 3.94. The summed E-state index contributed by atoms with van der Waals surface area (Å²) in [4.78, 5) is 4.06. The molecule has 2 rings (SSSR count). The van der Waals surface area contributed by atoms with E-state index in [1.54, 1.807) is 11.3 Å². The number of rotatable bonds is 5. The predicted molar refractivity (Wildman–Crippen MR) is 85.4 cm³/mol. The first-order valence-electron chi connectivity index (χ1n) is 7.29. The lowest BCUT2D eigenvalue weighted by Crippen LogP contribution is -2.62. The Labute approximate surface area is 126 Å². The molecule has 1 aromatic heterocycles. The van der Waals surface area contributed by atoms with Crippen LogP contribution < -0.4 is 5.32 Å². The van der Waals surface area contributed by atoms with Crippen LogP contribution in [-0.4, -0.2) is 36.1 Å². The van der Waals surface area contributed by atoms with E-state index in [0.717, 1.165) is 30.4 Å².